The van der Waals surface area contributed by atoms with Crippen LogP contribution in [0.25, 0.3) is 11.1 Å². The second-order valence-corrected chi connectivity index (χ2v) is 8.32. The number of rotatable bonds is 4. The molecule has 4 rings (SSSR count). The highest BCUT2D eigenvalue weighted by molar-refractivity contribution is 5.93. The summed E-state index contributed by atoms with van der Waals surface area (Å²) in [7, 11) is 1.76. The molecule has 1 aromatic heterocycles. The maximum absolute atomic E-state index is 13.0. The molecule has 1 N–H and O–H groups in total. The van der Waals surface area contributed by atoms with Crippen LogP contribution in [0.1, 0.15) is 27.2 Å². The number of carbonyl (C=O) groups excluding carboxylic acids is 2. The maximum atomic E-state index is 13.0. The van der Waals surface area contributed by atoms with Crippen LogP contribution in [-0.2, 0) is 18.3 Å². The van der Waals surface area contributed by atoms with E-state index in [9.17, 15) is 9.59 Å². The first kappa shape index (κ1) is 20.8. The molecule has 6 heteroatoms. The van der Waals surface area contributed by atoms with Crippen LogP contribution in [0.2, 0.25) is 0 Å². The maximum Gasteiger partial charge on any atom is 0.272 e. The zero-order valence-electron chi connectivity index (χ0n) is 18.3. The minimum atomic E-state index is -0.313. The molecule has 160 valence electrons. The first-order chi connectivity index (χ1) is 14.9. The minimum Gasteiger partial charge on any atom is -0.354 e. The summed E-state index contributed by atoms with van der Waals surface area (Å²) in [5.74, 6) is -0.411. The lowest BCUT2D eigenvalue weighted by Gasteiger charge is -2.24. The van der Waals surface area contributed by atoms with Crippen molar-refractivity contribution in [2.75, 3.05) is 19.6 Å². The second-order valence-electron chi connectivity index (χ2n) is 8.32. The topological polar surface area (TPSA) is 67.2 Å². The Morgan fingerprint density at radius 2 is 1.87 bits per heavy atom. The molecule has 2 amide bonds. The van der Waals surface area contributed by atoms with Gasteiger partial charge in [-0.05, 0) is 43.0 Å². The Labute approximate surface area is 182 Å². The van der Waals surface area contributed by atoms with E-state index in [2.05, 4.69) is 54.6 Å². The summed E-state index contributed by atoms with van der Waals surface area (Å²) in [6.45, 7) is 5.53. The minimum absolute atomic E-state index is 0.00414. The van der Waals surface area contributed by atoms with Gasteiger partial charge in [0.15, 0.2) is 0 Å². The Morgan fingerprint density at radius 1 is 1.13 bits per heavy atom. The molecule has 1 saturated heterocycles. The first-order valence-corrected chi connectivity index (χ1v) is 10.6. The summed E-state index contributed by atoms with van der Waals surface area (Å²) in [6.07, 6.45) is 2.19. The lowest BCUT2D eigenvalue weighted by atomic mass is 9.90. The van der Waals surface area contributed by atoms with E-state index in [1.807, 2.05) is 12.1 Å². The lowest BCUT2D eigenvalue weighted by molar-refractivity contribution is -0.124. The van der Waals surface area contributed by atoms with Crippen LogP contribution < -0.4 is 5.32 Å². The highest BCUT2D eigenvalue weighted by Crippen LogP contribution is 2.28. The Morgan fingerprint density at radius 3 is 2.58 bits per heavy atom. The number of amides is 2. The predicted molar refractivity (Wildman–Crippen MR) is 121 cm³/mol. The van der Waals surface area contributed by atoms with Gasteiger partial charge >= 0.3 is 0 Å². The van der Waals surface area contributed by atoms with Crippen molar-refractivity contribution in [3.05, 3.63) is 77.1 Å². The first-order valence-electron chi connectivity index (χ1n) is 10.6. The zero-order chi connectivity index (χ0) is 22.0. The fraction of sp³-hybridized carbons (Fsp3) is 0.320. The number of carbonyl (C=O) groups is 2. The van der Waals surface area contributed by atoms with Gasteiger partial charge in [0.1, 0.15) is 5.69 Å². The fourth-order valence-corrected chi connectivity index (χ4v) is 4.36. The summed E-state index contributed by atoms with van der Waals surface area (Å²) < 4.78 is 1.58. The summed E-state index contributed by atoms with van der Waals surface area (Å²) in [5.41, 5.74) is 6.36. The third-order valence-electron chi connectivity index (χ3n) is 5.84. The largest absolute Gasteiger partial charge is 0.354 e. The van der Waals surface area contributed by atoms with Gasteiger partial charge < -0.3 is 10.2 Å². The molecule has 2 aromatic carbocycles. The van der Waals surface area contributed by atoms with E-state index in [1.54, 1.807) is 28.9 Å². The Balaban J connectivity index is 1.61. The molecule has 2 heterocycles. The Bertz CT molecular complexity index is 1100. The van der Waals surface area contributed by atoms with Gasteiger partial charge in [0.25, 0.3) is 5.91 Å². The summed E-state index contributed by atoms with van der Waals surface area (Å²) in [4.78, 5) is 27.6. The number of aryl methyl sites for hydroxylation is 3. The third kappa shape index (κ3) is 4.53. The molecule has 1 atom stereocenters. The number of nitrogens with one attached hydrogen (secondary N) is 1. The van der Waals surface area contributed by atoms with Gasteiger partial charge in [0.2, 0.25) is 5.91 Å². The van der Waals surface area contributed by atoms with Crippen molar-refractivity contribution in [1.82, 2.24) is 20.0 Å². The summed E-state index contributed by atoms with van der Waals surface area (Å²) in [6, 6.07) is 16.5. The standard InChI is InChI=1S/C25H28N4O2/c1-17-12-18(2)14-20(13-17)22-7-5-4-6-19(22)15-21-16-29(11-10-26-24(21)30)25(31)23-8-9-27-28(23)3/h4-9,12-14,21H,10-11,15-16H2,1-3H3,(H,26,30)/t21-/m1/s1. The lowest BCUT2D eigenvalue weighted by Crippen LogP contribution is -2.38. The molecule has 3 aromatic rings. The molecule has 1 aliphatic heterocycles. The van der Waals surface area contributed by atoms with Crippen LogP contribution in [0.5, 0.6) is 0 Å². The number of aromatic nitrogens is 2. The number of hydrogen-bond acceptors (Lipinski definition) is 3. The van der Waals surface area contributed by atoms with E-state index < -0.39 is 0 Å². The molecule has 0 spiro atoms. The molecule has 1 aliphatic rings. The van der Waals surface area contributed by atoms with Crippen LogP contribution >= 0.6 is 0 Å². The average Bonchev–Trinajstić information content (AvgIpc) is 3.08. The van der Waals surface area contributed by atoms with Gasteiger partial charge in [-0.1, -0.05) is 53.6 Å². The van der Waals surface area contributed by atoms with Gasteiger partial charge in [-0.3, -0.25) is 14.3 Å². The molecule has 0 bridgehead atoms. The Hall–Kier alpha value is -3.41. The van der Waals surface area contributed by atoms with Crippen LogP contribution in [0, 0.1) is 19.8 Å². The molecular weight excluding hydrogens is 388 g/mol. The highest BCUT2D eigenvalue weighted by atomic mass is 16.2. The molecule has 0 saturated carbocycles. The normalized spacial score (nSPS) is 16.7. The van der Waals surface area contributed by atoms with E-state index in [4.69, 9.17) is 0 Å². The van der Waals surface area contributed by atoms with Gasteiger partial charge in [-0.15, -0.1) is 0 Å². The van der Waals surface area contributed by atoms with E-state index in [0.29, 0.717) is 31.7 Å². The van der Waals surface area contributed by atoms with Gasteiger partial charge in [-0.25, -0.2) is 0 Å². The molecule has 0 aliphatic carbocycles. The SMILES string of the molecule is Cc1cc(C)cc(-c2ccccc2C[C@@H]2CN(C(=O)c3ccnn3C)CCNC2=O)c1. The molecule has 6 nitrogen and oxygen atoms in total. The Kier molecular flexibility index (Phi) is 5.89. The van der Waals surface area contributed by atoms with Crippen LogP contribution in [0.4, 0.5) is 0 Å². The summed E-state index contributed by atoms with van der Waals surface area (Å²) in [5, 5.41) is 7.09. The number of hydrogen-bond donors (Lipinski definition) is 1. The fourth-order valence-electron chi connectivity index (χ4n) is 4.36. The molecular formula is C25H28N4O2. The van der Waals surface area contributed by atoms with Gasteiger partial charge in [-0.2, -0.15) is 5.10 Å². The van der Waals surface area contributed by atoms with E-state index >= 15 is 0 Å². The van der Waals surface area contributed by atoms with Crippen molar-refractivity contribution >= 4 is 11.8 Å². The van der Waals surface area contributed by atoms with Gasteiger partial charge in [0.05, 0.1) is 5.92 Å². The highest BCUT2D eigenvalue weighted by Gasteiger charge is 2.29. The zero-order valence-corrected chi connectivity index (χ0v) is 18.3. The van der Waals surface area contributed by atoms with Crippen molar-refractivity contribution in [1.29, 1.82) is 0 Å². The average molecular weight is 417 g/mol. The van der Waals surface area contributed by atoms with Crippen molar-refractivity contribution in [2.45, 2.75) is 20.3 Å². The van der Waals surface area contributed by atoms with E-state index in [-0.39, 0.29) is 17.7 Å². The van der Waals surface area contributed by atoms with Crippen molar-refractivity contribution in [2.24, 2.45) is 13.0 Å². The quantitative estimate of drug-likeness (QED) is 0.711. The third-order valence-corrected chi connectivity index (χ3v) is 5.84. The second kappa shape index (κ2) is 8.76. The van der Waals surface area contributed by atoms with Crippen molar-refractivity contribution < 1.29 is 9.59 Å². The van der Waals surface area contributed by atoms with Crippen LogP contribution in [0.3, 0.4) is 0 Å². The molecule has 31 heavy (non-hydrogen) atoms. The van der Waals surface area contributed by atoms with E-state index in [0.717, 1.165) is 16.7 Å². The van der Waals surface area contributed by atoms with Crippen molar-refractivity contribution in [3.8, 4) is 11.1 Å². The molecule has 0 unspecified atom stereocenters. The number of nitrogens with zero attached hydrogens (tertiary/aromatic N) is 3. The predicted octanol–water partition coefficient (Wildman–Crippen LogP) is 3.13. The summed E-state index contributed by atoms with van der Waals surface area (Å²) >= 11 is 0. The van der Waals surface area contributed by atoms with Crippen LogP contribution in [0.15, 0.2) is 54.7 Å². The van der Waals surface area contributed by atoms with Crippen molar-refractivity contribution in [3.63, 3.8) is 0 Å². The number of benzene rings is 2. The van der Waals surface area contributed by atoms with Crippen LogP contribution in [-0.4, -0.2) is 46.1 Å². The molecule has 0 radical (unpaired) electrons. The monoisotopic (exact) mass is 416 g/mol. The van der Waals surface area contributed by atoms with Gasteiger partial charge in [0, 0.05) is 32.9 Å². The van der Waals surface area contributed by atoms with E-state index in [1.165, 1.54) is 11.1 Å². The molecule has 1 fully saturated rings. The smallest absolute Gasteiger partial charge is 0.272 e.